The van der Waals surface area contributed by atoms with Crippen molar-refractivity contribution in [3.63, 3.8) is 0 Å². The zero-order valence-electron chi connectivity index (χ0n) is 9.97. The second kappa shape index (κ2) is 4.18. The third kappa shape index (κ3) is 1.64. The molecule has 1 amide bonds. The number of anilines is 2. The number of hydrogen-bond donors (Lipinski definition) is 1. The van der Waals surface area contributed by atoms with E-state index in [9.17, 15) is 4.79 Å². The van der Waals surface area contributed by atoms with E-state index in [1.165, 1.54) is 11.3 Å². The second-order valence-electron chi connectivity index (χ2n) is 4.41. The van der Waals surface area contributed by atoms with Crippen LogP contribution in [0.2, 0.25) is 0 Å². The van der Waals surface area contributed by atoms with Crippen molar-refractivity contribution >= 4 is 17.3 Å². The van der Waals surface area contributed by atoms with E-state index in [0.29, 0.717) is 5.56 Å². The SMILES string of the molecule is NC(=O)c1ccccc1N1CCc2ccccc21. The summed E-state index contributed by atoms with van der Waals surface area (Å²) in [5.74, 6) is -0.380. The highest BCUT2D eigenvalue weighted by molar-refractivity contribution is 5.99. The van der Waals surface area contributed by atoms with Gasteiger partial charge in [-0.1, -0.05) is 30.3 Å². The van der Waals surface area contributed by atoms with Crippen LogP contribution in [0.15, 0.2) is 48.5 Å². The van der Waals surface area contributed by atoms with Crippen molar-refractivity contribution in [1.29, 1.82) is 0 Å². The Kier molecular flexibility index (Phi) is 2.52. The molecular formula is C15H14N2O. The lowest BCUT2D eigenvalue weighted by Crippen LogP contribution is -2.20. The molecule has 1 aliphatic rings. The molecule has 2 aromatic rings. The average Bonchev–Trinajstić information content (AvgIpc) is 2.82. The van der Waals surface area contributed by atoms with Gasteiger partial charge in [0.1, 0.15) is 0 Å². The van der Waals surface area contributed by atoms with Crippen molar-refractivity contribution in [3.8, 4) is 0 Å². The van der Waals surface area contributed by atoms with E-state index >= 15 is 0 Å². The normalized spacial score (nSPS) is 13.4. The molecule has 0 aliphatic carbocycles. The molecule has 90 valence electrons. The van der Waals surface area contributed by atoms with Crippen molar-refractivity contribution in [2.75, 3.05) is 11.4 Å². The molecule has 3 heteroatoms. The zero-order valence-corrected chi connectivity index (χ0v) is 9.97. The number of nitrogens with two attached hydrogens (primary N) is 1. The third-order valence-corrected chi connectivity index (χ3v) is 3.35. The highest BCUT2D eigenvalue weighted by Crippen LogP contribution is 2.35. The van der Waals surface area contributed by atoms with Crippen LogP contribution in [-0.2, 0) is 6.42 Å². The number of nitrogens with zero attached hydrogens (tertiary/aromatic N) is 1. The fourth-order valence-electron chi connectivity index (χ4n) is 2.51. The smallest absolute Gasteiger partial charge is 0.250 e. The van der Waals surface area contributed by atoms with Gasteiger partial charge in [-0.05, 0) is 30.2 Å². The number of benzene rings is 2. The summed E-state index contributed by atoms with van der Waals surface area (Å²) in [5.41, 5.74) is 9.40. The van der Waals surface area contributed by atoms with E-state index in [4.69, 9.17) is 5.73 Å². The fourth-order valence-corrected chi connectivity index (χ4v) is 2.51. The van der Waals surface area contributed by atoms with Gasteiger partial charge in [-0.25, -0.2) is 0 Å². The monoisotopic (exact) mass is 238 g/mol. The standard InChI is InChI=1S/C15H14N2O/c16-15(18)12-6-2-4-8-14(12)17-10-9-11-5-1-3-7-13(11)17/h1-8H,9-10H2,(H2,16,18). The van der Waals surface area contributed by atoms with Gasteiger partial charge in [-0.15, -0.1) is 0 Å². The van der Waals surface area contributed by atoms with Crippen LogP contribution in [0.25, 0.3) is 0 Å². The van der Waals surface area contributed by atoms with Gasteiger partial charge < -0.3 is 10.6 Å². The molecule has 0 spiro atoms. The summed E-state index contributed by atoms with van der Waals surface area (Å²) in [6.45, 7) is 0.892. The average molecular weight is 238 g/mol. The third-order valence-electron chi connectivity index (χ3n) is 3.35. The number of rotatable bonds is 2. The zero-order chi connectivity index (χ0) is 12.5. The lowest BCUT2D eigenvalue weighted by Gasteiger charge is -2.21. The maximum Gasteiger partial charge on any atom is 0.250 e. The summed E-state index contributed by atoms with van der Waals surface area (Å²) in [5, 5.41) is 0. The van der Waals surface area contributed by atoms with Crippen LogP contribution in [0.4, 0.5) is 11.4 Å². The minimum atomic E-state index is -0.380. The molecule has 0 unspecified atom stereocenters. The van der Waals surface area contributed by atoms with E-state index in [2.05, 4.69) is 17.0 Å². The Balaban J connectivity index is 2.10. The number of para-hydroxylation sites is 2. The maximum atomic E-state index is 11.5. The van der Waals surface area contributed by atoms with E-state index in [1.807, 2.05) is 30.3 Å². The Morgan fingerprint density at radius 2 is 1.67 bits per heavy atom. The number of primary amides is 1. The fraction of sp³-hybridized carbons (Fsp3) is 0.133. The molecule has 0 atom stereocenters. The first-order valence-corrected chi connectivity index (χ1v) is 6.01. The van der Waals surface area contributed by atoms with E-state index in [-0.39, 0.29) is 5.91 Å². The molecule has 1 heterocycles. The molecule has 2 N–H and O–H groups in total. The molecule has 3 nitrogen and oxygen atoms in total. The Bertz CT molecular complexity index is 607. The summed E-state index contributed by atoms with van der Waals surface area (Å²) in [6, 6.07) is 15.8. The summed E-state index contributed by atoms with van der Waals surface area (Å²) in [6.07, 6.45) is 1.00. The van der Waals surface area contributed by atoms with Crippen LogP contribution in [0, 0.1) is 0 Å². The van der Waals surface area contributed by atoms with E-state index in [1.54, 1.807) is 6.07 Å². The Hall–Kier alpha value is -2.29. The number of amides is 1. The van der Waals surface area contributed by atoms with Crippen LogP contribution >= 0.6 is 0 Å². The molecule has 3 rings (SSSR count). The second-order valence-corrected chi connectivity index (χ2v) is 4.41. The van der Waals surface area contributed by atoms with Crippen molar-refractivity contribution in [2.45, 2.75) is 6.42 Å². The van der Waals surface area contributed by atoms with Crippen LogP contribution < -0.4 is 10.6 Å². The first-order valence-electron chi connectivity index (χ1n) is 6.01. The Morgan fingerprint density at radius 3 is 2.44 bits per heavy atom. The number of carbonyl (C=O) groups excluding carboxylic acids is 1. The first-order chi connectivity index (χ1) is 8.77. The van der Waals surface area contributed by atoms with Gasteiger partial charge in [-0.2, -0.15) is 0 Å². The molecular weight excluding hydrogens is 224 g/mol. The first kappa shape index (κ1) is 10.8. The summed E-state index contributed by atoms with van der Waals surface area (Å²) < 4.78 is 0. The van der Waals surface area contributed by atoms with Crippen LogP contribution in [0.1, 0.15) is 15.9 Å². The lowest BCUT2D eigenvalue weighted by molar-refractivity contribution is 0.100. The van der Waals surface area contributed by atoms with Crippen LogP contribution in [0.5, 0.6) is 0 Å². The maximum absolute atomic E-state index is 11.5. The lowest BCUT2D eigenvalue weighted by atomic mass is 10.1. The predicted octanol–water partition coefficient (Wildman–Crippen LogP) is 2.48. The minimum absolute atomic E-state index is 0.380. The van der Waals surface area contributed by atoms with Gasteiger partial charge >= 0.3 is 0 Å². The molecule has 0 saturated heterocycles. The highest BCUT2D eigenvalue weighted by atomic mass is 16.1. The van der Waals surface area contributed by atoms with Crippen molar-refractivity contribution in [1.82, 2.24) is 0 Å². The summed E-state index contributed by atoms with van der Waals surface area (Å²) in [7, 11) is 0. The molecule has 1 aliphatic heterocycles. The van der Waals surface area contributed by atoms with E-state index in [0.717, 1.165) is 18.7 Å². The van der Waals surface area contributed by atoms with Crippen molar-refractivity contribution in [3.05, 3.63) is 59.7 Å². The predicted molar refractivity (Wildman–Crippen MR) is 72.1 cm³/mol. The molecule has 0 fully saturated rings. The van der Waals surface area contributed by atoms with Gasteiger partial charge in [0.25, 0.3) is 5.91 Å². The largest absolute Gasteiger partial charge is 0.366 e. The topological polar surface area (TPSA) is 46.3 Å². The van der Waals surface area contributed by atoms with Crippen LogP contribution in [0.3, 0.4) is 0 Å². The summed E-state index contributed by atoms with van der Waals surface area (Å²) >= 11 is 0. The highest BCUT2D eigenvalue weighted by Gasteiger charge is 2.22. The summed E-state index contributed by atoms with van der Waals surface area (Å²) in [4.78, 5) is 13.6. The van der Waals surface area contributed by atoms with Gasteiger partial charge in [0, 0.05) is 12.2 Å². The van der Waals surface area contributed by atoms with Gasteiger partial charge in [0.05, 0.1) is 11.3 Å². The Labute approximate surface area is 106 Å². The molecule has 0 radical (unpaired) electrons. The molecule has 18 heavy (non-hydrogen) atoms. The van der Waals surface area contributed by atoms with Crippen molar-refractivity contribution in [2.24, 2.45) is 5.73 Å². The van der Waals surface area contributed by atoms with Gasteiger partial charge in [-0.3, -0.25) is 4.79 Å². The number of carbonyl (C=O) groups is 1. The van der Waals surface area contributed by atoms with Gasteiger partial charge in [0.2, 0.25) is 0 Å². The molecule has 2 aromatic carbocycles. The minimum Gasteiger partial charge on any atom is -0.366 e. The molecule has 0 bridgehead atoms. The molecule has 0 saturated carbocycles. The Morgan fingerprint density at radius 1 is 1.00 bits per heavy atom. The van der Waals surface area contributed by atoms with E-state index < -0.39 is 0 Å². The van der Waals surface area contributed by atoms with Crippen LogP contribution in [-0.4, -0.2) is 12.5 Å². The van der Waals surface area contributed by atoms with Gasteiger partial charge in [0.15, 0.2) is 0 Å². The molecule has 0 aromatic heterocycles. The van der Waals surface area contributed by atoms with Crippen molar-refractivity contribution < 1.29 is 4.79 Å². The quantitative estimate of drug-likeness (QED) is 0.873. The number of hydrogen-bond acceptors (Lipinski definition) is 2. The number of fused-ring (bicyclic) bond motifs is 1.